The molecule has 1 aromatic heterocycles. The van der Waals surface area contributed by atoms with Gasteiger partial charge in [-0.15, -0.1) is 0 Å². The average Bonchev–Trinajstić information content (AvgIpc) is 2.84. The topological polar surface area (TPSA) is 124 Å². The summed E-state index contributed by atoms with van der Waals surface area (Å²) >= 11 is 0. The molecule has 1 saturated heterocycles. The van der Waals surface area contributed by atoms with Crippen LogP contribution in [-0.4, -0.2) is 45.6 Å². The summed E-state index contributed by atoms with van der Waals surface area (Å²) < 4.78 is 64.2. The van der Waals surface area contributed by atoms with Crippen LogP contribution in [-0.2, 0) is 16.1 Å². The summed E-state index contributed by atoms with van der Waals surface area (Å²) in [4.78, 5) is 14.1. The monoisotopic (exact) mass is 446 g/mol. The van der Waals surface area contributed by atoms with E-state index in [4.69, 9.17) is 22.4 Å². The molecule has 168 valence electrons. The van der Waals surface area contributed by atoms with E-state index < -0.39 is 43.5 Å². The van der Waals surface area contributed by atoms with Crippen molar-refractivity contribution in [1.29, 1.82) is 0 Å². The molecule has 32 heavy (non-hydrogen) atoms. The number of nitro groups is 1. The van der Waals surface area contributed by atoms with Gasteiger partial charge in [0.25, 0.3) is 0 Å². The zero-order valence-corrected chi connectivity index (χ0v) is 17.0. The number of aromatic nitrogens is 1. The molecule has 3 rings (SSSR count). The van der Waals surface area contributed by atoms with Gasteiger partial charge < -0.3 is 34.4 Å². The largest absolute Gasteiger partial charge is 0.492 e. The average molecular weight is 446 g/mol. The lowest BCUT2D eigenvalue weighted by Crippen LogP contribution is -2.33. The number of benzene rings is 1. The fourth-order valence-corrected chi connectivity index (χ4v) is 2.93. The van der Waals surface area contributed by atoms with Crippen molar-refractivity contribution in [2.24, 2.45) is 0 Å². The highest BCUT2D eigenvalue weighted by molar-refractivity contribution is 6.58. The van der Waals surface area contributed by atoms with Crippen molar-refractivity contribution in [3.8, 4) is 17.6 Å². The number of rotatable bonds is 7. The summed E-state index contributed by atoms with van der Waals surface area (Å²) in [6, 6.07) is 7.23. The van der Waals surface area contributed by atoms with E-state index in [1.54, 1.807) is 12.1 Å². The second-order valence-electron chi connectivity index (χ2n) is 7.06. The van der Waals surface area contributed by atoms with Crippen molar-refractivity contribution in [3.05, 3.63) is 57.8 Å². The van der Waals surface area contributed by atoms with Crippen molar-refractivity contribution in [3.63, 3.8) is 0 Å². The van der Waals surface area contributed by atoms with Crippen molar-refractivity contribution >= 4 is 18.4 Å². The first-order valence-corrected chi connectivity index (χ1v) is 9.78. The maximum atomic E-state index is 11.3. The molecule has 1 atom stereocenters. The molecular formula is C22H25BN2O7. The zero-order chi connectivity index (χ0) is 28.1. The predicted molar refractivity (Wildman–Crippen MR) is 117 cm³/mol. The van der Waals surface area contributed by atoms with Crippen LogP contribution in [0.1, 0.15) is 52.3 Å². The summed E-state index contributed by atoms with van der Waals surface area (Å²) in [5.41, 5.74) is -2.24. The first-order chi connectivity index (χ1) is 17.7. The molecule has 1 aromatic carbocycles. The Morgan fingerprint density at radius 1 is 1.41 bits per heavy atom. The quantitative estimate of drug-likeness (QED) is 0.286. The summed E-state index contributed by atoms with van der Waals surface area (Å²) in [5.74, 6) is 4.00. The van der Waals surface area contributed by atoms with Gasteiger partial charge in [0, 0.05) is 25.9 Å². The van der Waals surface area contributed by atoms with Gasteiger partial charge in [0.05, 0.1) is 0 Å². The molecular weight excluding hydrogens is 415 g/mol. The summed E-state index contributed by atoms with van der Waals surface area (Å²) in [6.45, 7) is -6.19. The minimum atomic E-state index is -3.14. The molecule has 0 amide bonds. The van der Waals surface area contributed by atoms with E-state index in [0.717, 1.165) is 18.7 Å². The van der Waals surface area contributed by atoms with Gasteiger partial charge in [0.15, 0.2) is 6.29 Å². The van der Waals surface area contributed by atoms with Gasteiger partial charge in [-0.25, -0.2) is 0 Å². The minimum absolute atomic E-state index is 0.113. The normalized spacial score (nSPS) is 19.6. The van der Waals surface area contributed by atoms with Crippen molar-refractivity contribution in [2.75, 3.05) is 6.61 Å². The second kappa shape index (κ2) is 10.6. The van der Waals surface area contributed by atoms with E-state index in [1.807, 2.05) is 0 Å². The number of nitrogens with zero attached hydrogens (tertiary/aromatic N) is 2. The number of hydrogen-bond donors (Lipinski definition) is 2. The molecule has 0 radical (unpaired) electrons. The van der Waals surface area contributed by atoms with Crippen LogP contribution < -0.4 is 10.2 Å². The van der Waals surface area contributed by atoms with Crippen LogP contribution in [0.5, 0.6) is 5.75 Å². The molecule has 1 unspecified atom stereocenters. The third-order valence-electron chi connectivity index (χ3n) is 4.48. The molecule has 2 N–H and O–H groups in total. The van der Waals surface area contributed by atoms with Crippen LogP contribution in [0.4, 0.5) is 5.82 Å². The van der Waals surface area contributed by atoms with Crippen LogP contribution in [0.15, 0.2) is 36.5 Å². The van der Waals surface area contributed by atoms with Crippen molar-refractivity contribution in [2.45, 2.75) is 51.5 Å². The fourth-order valence-electron chi connectivity index (χ4n) is 2.93. The summed E-state index contributed by atoms with van der Waals surface area (Å²) in [7, 11) is -1.91. The Labute approximate surface area is 195 Å². The van der Waals surface area contributed by atoms with E-state index in [2.05, 4.69) is 16.8 Å². The SMILES string of the molecule is [2H]C([2H])([2H])C(C#Cc1cccc(COc2cc(B(O)O)cnc2[N+](=O)[O-])c1)(OC1CCCCO1)C([2H])([2H])[2H]. The Balaban J connectivity index is 1.90. The van der Waals surface area contributed by atoms with Gasteiger partial charge in [-0.2, -0.15) is 0 Å². The van der Waals surface area contributed by atoms with Crippen LogP contribution in [0.25, 0.3) is 0 Å². The van der Waals surface area contributed by atoms with E-state index in [9.17, 15) is 20.2 Å². The van der Waals surface area contributed by atoms with E-state index in [1.165, 1.54) is 12.1 Å². The first kappa shape index (κ1) is 16.6. The standard InChI is InChI=1S/C22H25BN2O7/c1-22(2,32-20-8-3-4-11-30-20)10-9-16-6-5-7-17(12-16)15-31-19-13-18(23(26)27)14-24-21(19)25(28)29/h5-7,12-14,20,26-27H,3-4,8,11,15H2,1-2H3/i1D3,2D3. The highest BCUT2D eigenvalue weighted by atomic mass is 16.7. The fraction of sp³-hybridized carbons (Fsp3) is 0.409. The lowest BCUT2D eigenvalue weighted by atomic mass is 9.81. The smallest absolute Gasteiger partial charge is 0.481 e. The minimum Gasteiger partial charge on any atom is -0.481 e. The predicted octanol–water partition coefficient (Wildman–Crippen LogP) is 1.92. The highest BCUT2D eigenvalue weighted by Gasteiger charge is 2.24. The Bertz CT molecular complexity index is 1190. The molecule has 2 aromatic rings. The van der Waals surface area contributed by atoms with E-state index in [-0.39, 0.29) is 23.4 Å². The van der Waals surface area contributed by atoms with E-state index >= 15 is 0 Å². The van der Waals surface area contributed by atoms with Crippen LogP contribution in [0, 0.1) is 22.0 Å². The first-order valence-electron chi connectivity index (χ1n) is 12.8. The van der Waals surface area contributed by atoms with Gasteiger partial charge in [-0.05, 0) is 66.6 Å². The number of hydrogen-bond acceptors (Lipinski definition) is 8. The van der Waals surface area contributed by atoms with E-state index in [0.29, 0.717) is 25.0 Å². The molecule has 1 aliphatic rings. The Morgan fingerprint density at radius 3 is 2.94 bits per heavy atom. The van der Waals surface area contributed by atoms with Crippen molar-refractivity contribution in [1.82, 2.24) is 4.98 Å². The van der Waals surface area contributed by atoms with Crippen LogP contribution >= 0.6 is 0 Å². The lowest BCUT2D eigenvalue weighted by Gasteiger charge is -2.29. The molecule has 0 saturated carbocycles. The molecule has 0 aliphatic carbocycles. The highest BCUT2D eigenvalue weighted by Crippen LogP contribution is 2.24. The third kappa shape index (κ3) is 6.77. The molecule has 0 bridgehead atoms. The van der Waals surface area contributed by atoms with Crippen molar-refractivity contribution < 1.29 is 37.4 Å². The zero-order valence-electron chi connectivity index (χ0n) is 23.0. The van der Waals surface area contributed by atoms with Gasteiger partial charge in [0.2, 0.25) is 5.75 Å². The molecule has 2 heterocycles. The molecule has 9 nitrogen and oxygen atoms in total. The van der Waals surface area contributed by atoms with Gasteiger partial charge >= 0.3 is 12.9 Å². The van der Waals surface area contributed by atoms with Crippen LogP contribution in [0.2, 0.25) is 0 Å². The Kier molecular flexibility index (Phi) is 5.49. The second-order valence-corrected chi connectivity index (χ2v) is 7.06. The summed E-state index contributed by atoms with van der Waals surface area (Å²) in [5, 5.41) is 29.9. The Hall–Kier alpha value is -2.97. The maximum absolute atomic E-state index is 11.3. The van der Waals surface area contributed by atoms with Crippen LogP contribution in [0.3, 0.4) is 0 Å². The molecule has 10 heteroatoms. The number of ether oxygens (including phenoxy) is 3. The molecule has 0 spiro atoms. The third-order valence-corrected chi connectivity index (χ3v) is 4.48. The number of pyridine rings is 1. The summed E-state index contributed by atoms with van der Waals surface area (Å²) in [6.07, 6.45) is 1.67. The molecule has 1 fully saturated rings. The lowest BCUT2D eigenvalue weighted by molar-refractivity contribution is -0.390. The maximum Gasteiger partial charge on any atom is 0.492 e. The van der Waals surface area contributed by atoms with Gasteiger partial charge in [-0.1, -0.05) is 24.0 Å². The molecule has 1 aliphatic heterocycles. The van der Waals surface area contributed by atoms with Gasteiger partial charge in [0.1, 0.15) is 18.4 Å². The Morgan fingerprint density at radius 2 is 2.25 bits per heavy atom. The van der Waals surface area contributed by atoms with Gasteiger partial charge in [-0.3, -0.25) is 0 Å².